The van der Waals surface area contributed by atoms with Crippen LogP contribution < -0.4 is 10.1 Å². The molecule has 2 heterocycles. The normalized spacial score (nSPS) is 12.4. The van der Waals surface area contributed by atoms with E-state index in [0.29, 0.717) is 28.3 Å². The fourth-order valence-corrected chi connectivity index (χ4v) is 3.87. The van der Waals surface area contributed by atoms with Crippen molar-refractivity contribution in [1.29, 1.82) is 0 Å². The van der Waals surface area contributed by atoms with Gasteiger partial charge >= 0.3 is 5.97 Å². The first-order chi connectivity index (χ1) is 14.1. The quantitative estimate of drug-likeness (QED) is 0.468. The van der Waals surface area contributed by atoms with Crippen LogP contribution in [0.4, 0.5) is 5.13 Å². The molecule has 1 atom stereocenters. The number of aromatic carboxylic acids is 1. The highest BCUT2D eigenvalue weighted by molar-refractivity contribution is 7.22. The molecule has 11 heteroatoms. The Bertz CT molecular complexity index is 1130. The van der Waals surface area contributed by atoms with Crippen molar-refractivity contribution in [3.8, 4) is 5.75 Å². The molecule has 3 aromatic rings. The molecule has 1 amide bonds. The number of rotatable bonds is 7. The Morgan fingerprint density at radius 3 is 2.60 bits per heavy atom. The molecule has 3 rings (SSSR count). The molecule has 2 aromatic heterocycles. The maximum absolute atomic E-state index is 12.6. The van der Waals surface area contributed by atoms with E-state index in [9.17, 15) is 14.7 Å². The third-order valence-electron chi connectivity index (χ3n) is 4.57. The number of carboxylic acids is 1. The molecule has 1 aromatic carbocycles. The zero-order valence-electron chi connectivity index (χ0n) is 16.7. The van der Waals surface area contributed by atoms with Crippen molar-refractivity contribution in [3.63, 3.8) is 0 Å². The number of hydrogen-bond donors (Lipinski definition) is 3. The lowest BCUT2D eigenvalue weighted by molar-refractivity contribution is 0.0696. The molecule has 30 heavy (non-hydrogen) atoms. The van der Waals surface area contributed by atoms with E-state index in [0.717, 1.165) is 11.3 Å². The van der Waals surface area contributed by atoms with Crippen LogP contribution >= 0.6 is 34.5 Å². The number of aromatic amines is 1. The molecule has 3 N–H and O–H groups in total. The van der Waals surface area contributed by atoms with E-state index in [-0.39, 0.29) is 32.5 Å². The van der Waals surface area contributed by atoms with Gasteiger partial charge in [-0.25, -0.2) is 9.78 Å². The third-order valence-corrected chi connectivity index (χ3v) is 6.43. The zero-order valence-corrected chi connectivity index (χ0v) is 19.0. The number of benzene rings is 1. The number of carboxylic acid groups (broad SMARTS) is 1. The van der Waals surface area contributed by atoms with Crippen LogP contribution in [-0.2, 0) is 0 Å². The summed E-state index contributed by atoms with van der Waals surface area (Å²) in [5.41, 5.74) is 1.25. The van der Waals surface area contributed by atoms with Crippen LogP contribution in [0.3, 0.4) is 0 Å². The molecule has 0 aliphatic carbocycles. The number of carbonyl (C=O) groups excluding carboxylic acids is 1. The minimum Gasteiger partial charge on any atom is -0.490 e. The van der Waals surface area contributed by atoms with Gasteiger partial charge in [0.1, 0.15) is 23.6 Å². The van der Waals surface area contributed by atoms with E-state index in [1.54, 1.807) is 6.92 Å². The molecule has 0 fully saturated rings. The van der Waals surface area contributed by atoms with Crippen LogP contribution in [0.5, 0.6) is 5.75 Å². The van der Waals surface area contributed by atoms with Crippen molar-refractivity contribution >= 4 is 61.8 Å². The van der Waals surface area contributed by atoms with Crippen molar-refractivity contribution < 1.29 is 19.4 Å². The van der Waals surface area contributed by atoms with Crippen molar-refractivity contribution in [2.24, 2.45) is 0 Å². The number of nitrogens with one attached hydrogen (secondary N) is 2. The Morgan fingerprint density at radius 2 is 2.03 bits per heavy atom. The number of halogens is 2. The van der Waals surface area contributed by atoms with E-state index < -0.39 is 11.9 Å². The van der Waals surface area contributed by atoms with Gasteiger partial charge in [0.2, 0.25) is 0 Å². The minimum atomic E-state index is -1.08. The van der Waals surface area contributed by atoms with Crippen LogP contribution in [0, 0.1) is 6.92 Å². The summed E-state index contributed by atoms with van der Waals surface area (Å²) in [5, 5.41) is 12.8. The Hall–Kier alpha value is -2.33. The second kappa shape index (κ2) is 8.81. The van der Waals surface area contributed by atoms with Gasteiger partial charge < -0.3 is 19.7 Å². The van der Waals surface area contributed by atoms with Crippen molar-refractivity contribution in [2.45, 2.75) is 19.9 Å². The molecule has 8 nitrogen and oxygen atoms in total. The van der Waals surface area contributed by atoms with E-state index >= 15 is 0 Å². The Kier molecular flexibility index (Phi) is 6.56. The first-order valence-corrected chi connectivity index (χ1v) is 10.5. The predicted octanol–water partition coefficient (Wildman–Crippen LogP) is 4.52. The molecular formula is C19H20Cl2N4O4S. The summed E-state index contributed by atoms with van der Waals surface area (Å²) < 4.78 is 6.43. The number of fused-ring (bicyclic) bond motifs is 1. The van der Waals surface area contributed by atoms with Gasteiger partial charge in [-0.1, -0.05) is 34.5 Å². The number of nitrogens with zero attached hydrogens (tertiary/aromatic N) is 2. The predicted molar refractivity (Wildman–Crippen MR) is 119 cm³/mol. The number of aromatic nitrogens is 2. The number of carbonyl (C=O) groups is 2. The second-order valence-corrected chi connectivity index (χ2v) is 8.76. The molecule has 0 aliphatic rings. The number of H-pyrrole nitrogens is 1. The van der Waals surface area contributed by atoms with E-state index in [1.165, 1.54) is 12.1 Å². The lowest BCUT2D eigenvalue weighted by Crippen LogP contribution is -2.30. The van der Waals surface area contributed by atoms with Crippen LogP contribution in [0.2, 0.25) is 10.0 Å². The van der Waals surface area contributed by atoms with E-state index in [1.807, 2.05) is 25.9 Å². The summed E-state index contributed by atoms with van der Waals surface area (Å²) in [5.74, 6) is -1.24. The van der Waals surface area contributed by atoms with Crippen LogP contribution in [-0.4, -0.2) is 58.6 Å². The van der Waals surface area contributed by atoms with Crippen molar-refractivity contribution in [3.05, 3.63) is 39.1 Å². The summed E-state index contributed by atoms with van der Waals surface area (Å²) in [4.78, 5) is 33.3. The molecule has 0 saturated carbocycles. The molecule has 1 unspecified atom stereocenters. The van der Waals surface area contributed by atoms with Gasteiger partial charge in [0, 0.05) is 11.7 Å². The zero-order chi connectivity index (χ0) is 22.2. The van der Waals surface area contributed by atoms with E-state index in [4.69, 9.17) is 27.9 Å². The van der Waals surface area contributed by atoms with Gasteiger partial charge in [-0.05, 0) is 40.1 Å². The van der Waals surface area contributed by atoms with Crippen LogP contribution in [0.1, 0.15) is 33.5 Å². The molecule has 160 valence electrons. The molecule has 0 saturated heterocycles. The highest BCUT2D eigenvalue weighted by Gasteiger charge is 2.21. The van der Waals surface area contributed by atoms with Gasteiger partial charge in [0.25, 0.3) is 5.91 Å². The van der Waals surface area contributed by atoms with Gasteiger partial charge in [-0.2, -0.15) is 0 Å². The van der Waals surface area contributed by atoms with E-state index in [2.05, 4.69) is 15.3 Å². The lowest BCUT2D eigenvalue weighted by Gasteiger charge is -2.20. The molecule has 0 spiro atoms. The van der Waals surface area contributed by atoms with Crippen molar-refractivity contribution in [1.82, 2.24) is 14.9 Å². The molecule has 0 radical (unpaired) electrons. The fourth-order valence-electron chi connectivity index (χ4n) is 2.53. The van der Waals surface area contributed by atoms with Gasteiger partial charge in [0.15, 0.2) is 5.13 Å². The highest BCUT2D eigenvalue weighted by atomic mass is 35.5. The number of amides is 1. The maximum Gasteiger partial charge on any atom is 0.335 e. The van der Waals surface area contributed by atoms with Crippen LogP contribution in [0.15, 0.2) is 12.1 Å². The summed E-state index contributed by atoms with van der Waals surface area (Å²) in [7, 11) is 3.85. The molecule has 0 aliphatic heterocycles. The monoisotopic (exact) mass is 470 g/mol. The number of thiazole rings is 1. The average molecular weight is 471 g/mol. The fraction of sp³-hybridized carbons (Fsp3) is 0.316. The highest BCUT2D eigenvalue weighted by Crippen LogP contribution is 2.35. The average Bonchev–Trinajstić information content (AvgIpc) is 3.20. The first kappa shape index (κ1) is 22.4. The molecule has 0 bridgehead atoms. The summed E-state index contributed by atoms with van der Waals surface area (Å²) in [6, 6.07) is 3.04. The second-order valence-electron chi connectivity index (χ2n) is 6.98. The maximum atomic E-state index is 12.6. The Morgan fingerprint density at radius 1 is 1.33 bits per heavy atom. The van der Waals surface area contributed by atoms with Gasteiger partial charge in [-0.3, -0.25) is 10.1 Å². The van der Waals surface area contributed by atoms with Crippen LogP contribution in [0.25, 0.3) is 10.2 Å². The number of likely N-dealkylation sites (N-methyl/N-ethyl adjacent to an activating group) is 1. The summed E-state index contributed by atoms with van der Waals surface area (Å²) in [6.07, 6.45) is 0. The smallest absolute Gasteiger partial charge is 0.335 e. The largest absolute Gasteiger partial charge is 0.490 e. The standard InChI is InChI=1S/C19H20Cl2N4O4S/c1-8(25(3)4)7-29-11-5-10(18(27)28)6-12-15(11)23-19(30-12)24-17(26)16-14(21)13(20)9(2)22-16/h5-6,8,22H,7H2,1-4H3,(H,27,28)(H,23,24,26). The Balaban J connectivity index is 1.93. The molecular weight excluding hydrogens is 451 g/mol. The van der Waals surface area contributed by atoms with Crippen molar-refractivity contribution in [2.75, 3.05) is 26.0 Å². The minimum absolute atomic E-state index is 0.0753. The SMILES string of the molecule is Cc1[nH]c(C(=O)Nc2nc3c(OCC(C)N(C)C)cc(C(=O)O)cc3s2)c(Cl)c1Cl. The lowest BCUT2D eigenvalue weighted by atomic mass is 10.2. The summed E-state index contributed by atoms with van der Waals surface area (Å²) >= 11 is 13.3. The first-order valence-electron chi connectivity index (χ1n) is 8.90. The number of hydrogen-bond acceptors (Lipinski definition) is 6. The number of ether oxygens (including phenoxy) is 1. The number of anilines is 1. The van der Waals surface area contributed by atoms with Gasteiger partial charge in [0.05, 0.1) is 20.3 Å². The third kappa shape index (κ3) is 4.54. The number of aryl methyl sites for hydroxylation is 1. The summed E-state index contributed by atoms with van der Waals surface area (Å²) in [6.45, 7) is 4.03. The van der Waals surface area contributed by atoms with Gasteiger partial charge in [-0.15, -0.1) is 0 Å². The Labute approximate surface area is 186 Å². The topological polar surface area (TPSA) is 108 Å².